The van der Waals surface area contributed by atoms with Crippen LogP contribution in [0.5, 0.6) is 0 Å². The first-order chi connectivity index (χ1) is 8.95. The summed E-state index contributed by atoms with van der Waals surface area (Å²) >= 11 is 0. The summed E-state index contributed by atoms with van der Waals surface area (Å²) in [5, 5.41) is 6.12. The molecule has 0 saturated heterocycles. The number of nitrogens with zero attached hydrogens (tertiary/aromatic N) is 1. The molecule has 2 N–H and O–H groups in total. The minimum Gasteiger partial charge on any atom is -0.378 e. The van der Waals surface area contributed by atoms with E-state index in [4.69, 9.17) is 0 Å². The van der Waals surface area contributed by atoms with Gasteiger partial charge in [-0.3, -0.25) is 10.1 Å². The quantitative estimate of drug-likeness (QED) is 0.824. The van der Waals surface area contributed by atoms with Crippen molar-refractivity contribution < 1.29 is 4.79 Å². The molecule has 1 aromatic rings. The summed E-state index contributed by atoms with van der Waals surface area (Å²) in [5.74, 6) is 0.0410. The summed E-state index contributed by atoms with van der Waals surface area (Å²) in [6, 6.07) is 8.32. The number of anilines is 1. The minimum atomic E-state index is -0.191. The zero-order valence-electron chi connectivity index (χ0n) is 12.5. The number of hydrogen-bond donors (Lipinski definition) is 2. The van der Waals surface area contributed by atoms with Crippen molar-refractivity contribution >= 4 is 11.6 Å². The van der Waals surface area contributed by atoms with Crippen LogP contribution in [0.4, 0.5) is 5.69 Å². The van der Waals surface area contributed by atoms with E-state index in [1.54, 1.807) is 0 Å². The SMILES string of the molecule is CCNC(=O)C(C)NC(C)c1ccc(N(C)C)cc1. The molecule has 0 aromatic heterocycles. The largest absolute Gasteiger partial charge is 0.378 e. The topological polar surface area (TPSA) is 44.4 Å². The number of carbonyl (C=O) groups is 1. The van der Waals surface area contributed by atoms with Gasteiger partial charge in [0.2, 0.25) is 5.91 Å². The summed E-state index contributed by atoms with van der Waals surface area (Å²) in [6.07, 6.45) is 0. The zero-order chi connectivity index (χ0) is 14.4. The molecule has 106 valence electrons. The average Bonchev–Trinajstić information content (AvgIpc) is 2.38. The second kappa shape index (κ2) is 7.14. The number of likely N-dealkylation sites (N-methyl/N-ethyl adjacent to an activating group) is 1. The van der Waals surface area contributed by atoms with Crippen LogP contribution >= 0.6 is 0 Å². The monoisotopic (exact) mass is 263 g/mol. The first-order valence-corrected chi connectivity index (χ1v) is 6.76. The Balaban J connectivity index is 2.62. The van der Waals surface area contributed by atoms with Crippen LogP contribution in [-0.2, 0) is 4.79 Å². The Kier molecular flexibility index (Phi) is 5.83. The lowest BCUT2D eigenvalue weighted by Gasteiger charge is -2.20. The summed E-state index contributed by atoms with van der Waals surface area (Å²) < 4.78 is 0. The molecule has 0 aliphatic heterocycles. The molecule has 1 amide bonds. The van der Waals surface area contributed by atoms with Crippen LogP contribution in [0.15, 0.2) is 24.3 Å². The Morgan fingerprint density at radius 3 is 2.26 bits per heavy atom. The molecule has 0 spiro atoms. The van der Waals surface area contributed by atoms with E-state index in [0.717, 1.165) is 0 Å². The van der Waals surface area contributed by atoms with Gasteiger partial charge in [-0.2, -0.15) is 0 Å². The summed E-state index contributed by atoms with van der Waals surface area (Å²) in [7, 11) is 4.04. The zero-order valence-corrected chi connectivity index (χ0v) is 12.5. The number of rotatable bonds is 6. The molecule has 0 fully saturated rings. The lowest BCUT2D eigenvalue weighted by Crippen LogP contribution is -2.43. The minimum absolute atomic E-state index is 0.0410. The van der Waals surface area contributed by atoms with E-state index >= 15 is 0 Å². The predicted octanol–water partition coefficient (Wildman–Crippen LogP) is 1.93. The van der Waals surface area contributed by atoms with Crippen molar-refractivity contribution in [3.63, 3.8) is 0 Å². The Morgan fingerprint density at radius 2 is 1.79 bits per heavy atom. The molecule has 2 atom stereocenters. The molecule has 0 aliphatic rings. The predicted molar refractivity (Wildman–Crippen MR) is 80.5 cm³/mol. The van der Waals surface area contributed by atoms with Crippen LogP contribution in [0.2, 0.25) is 0 Å². The fraction of sp³-hybridized carbons (Fsp3) is 0.533. The van der Waals surface area contributed by atoms with Crippen LogP contribution < -0.4 is 15.5 Å². The van der Waals surface area contributed by atoms with Crippen LogP contribution in [0.1, 0.15) is 32.4 Å². The molecular weight excluding hydrogens is 238 g/mol. The lowest BCUT2D eigenvalue weighted by molar-refractivity contribution is -0.122. The van der Waals surface area contributed by atoms with Crippen LogP contribution in [0, 0.1) is 0 Å². The smallest absolute Gasteiger partial charge is 0.236 e. The van der Waals surface area contributed by atoms with Gasteiger partial charge in [-0.25, -0.2) is 0 Å². The molecule has 1 rings (SSSR count). The fourth-order valence-electron chi connectivity index (χ4n) is 1.94. The molecule has 0 saturated carbocycles. The third kappa shape index (κ3) is 4.56. The first kappa shape index (κ1) is 15.5. The maximum absolute atomic E-state index is 11.7. The van der Waals surface area contributed by atoms with Crippen molar-refractivity contribution in [3.05, 3.63) is 29.8 Å². The number of amides is 1. The van der Waals surface area contributed by atoms with Crippen molar-refractivity contribution in [1.29, 1.82) is 0 Å². The van der Waals surface area contributed by atoms with Crippen LogP contribution in [-0.4, -0.2) is 32.6 Å². The highest BCUT2D eigenvalue weighted by atomic mass is 16.2. The Bertz CT molecular complexity index is 400. The molecule has 0 heterocycles. The fourth-order valence-corrected chi connectivity index (χ4v) is 1.94. The Hall–Kier alpha value is -1.55. The summed E-state index contributed by atoms with van der Waals surface area (Å²) in [6.45, 7) is 6.54. The molecule has 0 radical (unpaired) electrons. The number of benzene rings is 1. The van der Waals surface area contributed by atoms with E-state index < -0.39 is 0 Å². The Morgan fingerprint density at radius 1 is 1.21 bits per heavy atom. The maximum Gasteiger partial charge on any atom is 0.236 e. The first-order valence-electron chi connectivity index (χ1n) is 6.76. The highest BCUT2D eigenvalue weighted by Crippen LogP contribution is 2.17. The number of carbonyl (C=O) groups excluding carboxylic acids is 1. The van der Waals surface area contributed by atoms with E-state index in [1.165, 1.54) is 11.3 Å². The van der Waals surface area contributed by atoms with E-state index in [9.17, 15) is 4.79 Å². The second-order valence-corrected chi connectivity index (χ2v) is 4.99. The average molecular weight is 263 g/mol. The van der Waals surface area contributed by atoms with Crippen molar-refractivity contribution in [1.82, 2.24) is 10.6 Å². The molecule has 4 heteroatoms. The van der Waals surface area contributed by atoms with Crippen molar-refractivity contribution in [2.45, 2.75) is 32.9 Å². The van der Waals surface area contributed by atoms with Crippen molar-refractivity contribution in [3.8, 4) is 0 Å². The van der Waals surface area contributed by atoms with E-state index in [2.05, 4.69) is 46.7 Å². The second-order valence-electron chi connectivity index (χ2n) is 4.99. The van der Waals surface area contributed by atoms with Gasteiger partial charge < -0.3 is 10.2 Å². The van der Waals surface area contributed by atoms with Gasteiger partial charge in [-0.05, 0) is 38.5 Å². The van der Waals surface area contributed by atoms with E-state index in [0.29, 0.717) is 6.54 Å². The third-order valence-electron chi connectivity index (χ3n) is 3.15. The molecule has 0 aliphatic carbocycles. The highest BCUT2D eigenvalue weighted by molar-refractivity contribution is 5.81. The van der Waals surface area contributed by atoms with Gasteiger partial charge in [-0.15, -0.1) is 0 Å². The van der Waals surface area contributed by atoms with Gasteiger partial charge in [0.1, 0.15) is 0 Å². The van der Waals surface area contributed by atoms with E-state index in [-0.39, 0.29) is 18.0 Å². The van der Waals surface area contributed by atoms with E-state index in [1.807, 2.05) is 27.9 Å². The molecule has 0 bridgehead atoms. The lowest BCUT2D eigenvalue weighted by atomic mass is 10.1. The molecular formula is C15H25N3O. The van der Waals surface area contributed by atoms with Gasteiger partial charge in [-0.1, -0.05) is 12.1 Å². The third-order valence-corrected chi connectivity index (χ3v) is 3.15. The van der Waals surface area contributed by atoms with Crippen molar-refractivity contribution in [2.75, 3.05) is 25.5 Å². The molecule has 4 nitrogen and oxygen atoms in total. The maximum atomic E-state index is 11.7. The molecule has 2 unspecified atom stereocenters. The number of hydrogen-bond acceptors (Lipinski definition) is 3. The molecule has 19 heavy (non-hydrogen) atoms. The summed E-state index contributed by atoms with van der Waals surface area (Å²) in [4.78, 5) is 13.7. The van der Waals surface area contributed by atoms with Gasteiger partial charge in [0.15, 0.2) is 0 Å². The summed E-state index contributed by atoms with van der Waals surface area (Å²) in [5.41, 5.74) is 2.36. The van der Waals surface area contributed by atoms with Gasteiger partial charge in [0.05, 0.1) is 6.04 Å². The van der Waals surface area contributed by atoms with Crippen LogP contribution in [0.25, 0.3) is 0 Å². The standard InChI is InChI=1S/C15H25N3O/c1-6-16-15(19)12(3)17-11(2)13-7-9-14(10-8-13)18(4)5/h7-12,17H,6H2,1-5H3,(H,16,19). The number of nitrogens with one attached hydrogen (secondary N) is 2. The van der Waals surface area contributed by atoms with Gasteiger partial charge >= 0.3 is 0 Å². The molecule has 1 aromatic carbocycles. The highest BCUT2D eigenvalue weighted by Gasteiger charge is 2.15. The van der Waals surface area contributed by atoms with Crippen LogP contribution in [0.3, 0.4) is 0 Å². The normalized spacial score (nSPS) is 13.7. The van der Waals surface area contributed by atoms with Crippen molar-refractivity contribution in [2.24, 2.45) is 0 Å². The van der Waals surface area contributed by atoms with Gasteiger partial charge in [0.25, 0.3) is 0 Å². The Labute approximate surface area is 116 Å². The van der Waals surface area contributed by atoms with Gasteiger partial charge in [0, 0.05) is 32.4 Å².